The average molecular weight is 372 g/mol. The molecule has 138 valence electrons. The molecule has 0 spiro atoms. The molecule has 0 fully saturated rings. The maximum absolute atomic E-state index is 13.5. The smallest absolute Gasteiger partial charge is 0.140 e. The molecular formula is C21H17FN6. The van der Waals surface area contributed by atoms with E-state index in [-0.39, 0.29) is 5.82 Å². The van der Waals surface area contributed by atoms with Crippen molar-refractivity contribution in [3.63, 3.8) is 0 Å². The van der Waals surface area contributed by atoms with Gasteiger partial charge in [0, 0.05) is 23.7 Å². The second-order valence-electron chi connectivity index (χ2n) is 6.55. The van der Waals surface area contributed by atoms with Crippen LogP contribution < -0.4 is 5.73 Å². The Morgan fingerprint density at radius 3 is 2.93 bits per heavy atom. The Morgan fingerprint density at radius 2 is 2.11 bits per heavy atom. The summed E-state index contributed by atoms with van der Waals surface area (Å²) in [7, 11) is 0. The standard InChI is InChI=1S/C21H17FN6/c1-13-4-6-16(11-23)27-18(13)10-17(24)21-20(3-2-8-25-21)28-19-7-5-15(22)9-14(19)12-26-28/h2-9,12,17H,10,24H2,1H3/t17-/m0/s1. The summed E-state index contributed by atoms with van der Waals surface area (Å²) in [4.78, 5) is 8.85. The van der Waals surface area contributed by atoms with Crippen molar-refractivity contribution in [3.05, 3.63) is 83.3 Å². The van der Waals surface area contributed by atoms with E-state index in [1.807, 2.05) is 25.1 Å². The summed E-state index contributed by atoms with van der Waals surface area (Å²) >= 11 is 0. The van der Waals surface area contributed by atoms with Crippen molar-refractivity contribution in [1.82, 2.24) is 19.7 Å². The van der Waals surface area contributed by atoms with Crippen LogP contribution in [0.25, 0.3) is 16.6 Å². The number of aryl methyl sites for hydroxylation is 1. The molecular weight excluding hydrogens is 355 g/mol. The third-order valence-electron chi connectivity index (χ3n) is 4.66. The molecule has 28 heavy (non-hydrogen) atoms. The molecule has 0 aliphatic rings. The third-order valence-corrected chi connectivity index (χ3v) is 4.66. The molecule has 2 N–H and O–H groups in total. The average Bonchev–Trinajstić information content (AvgIpc) is 3.12. The SMILES string of the molecule is Cc1ccc(C#N)nc1C[C@H](N)c1ncccc1-n1ncc2cc(F)ccc21. The van der Waals surface area contributed by atoms with Gasteiger partial charge in [0.05, 0.1) is 29.1 Å². The molecule has 0 aliphatic heterocycles. The summed E-state index contributed by atoms with van der Waals surface area (Å²) < 4.78 is 15.2. The van der Waals surface area contributed by atoms with Gasteiger partial charge in [-0.2, -0.15) is 10.4 Å². The van der Waals surface area contributed by atoms with Gasteiger partial charge >= 0.3 is 0 Å². The molecule has 0 saturated carbocycles. The Balaban J connectivity index is 1.74. The zero-order chi connectivity index (χ0) is 19.7. The summed E-state index contributed by atoms with van der Waals surface area (Å²) in [5.41, 5.74) is 10.7. The van der Waals surface area contributed by atoms with Gasteiger partial charge in [0.15, 0.2) is 0 Å². The van der Waals surface area contributed by atoms with Crippen LogP contribution in [-0.2, 0) is 6.42 Å². The fourth-order valence-corrected chi connectivity index (χ4v) is 3.21. The highest BCUT2D eigenvalue weighted by atomic mass is 19.1. The second kappa shape index (κ2) is 7.18. The first-order chi connectivity index (χ1) is 13.6. The normalized spacial score (nSPS) is 12.1. The summed E-state index contributed by atoms with van der Waals surface area (Å²) in [5, 5.41) is 14.2. The summed E-state index contributed by atoms with van der Waals surface area (Å²) in [6, 6.07) is 13.4. The third kappa shape index (κ3) is 3.21. The highest BCUT2D eigenvalue weighted by molar-refractivity contribution is 5.80. The van der Waals surface area contributed by atoms with Crippen LogP contribution in [0.3, 0.4) is 0 Å². The zero-order valence-electron chi connectivity index (χ0n) is 15.2. The van der Waals surface area contributed by atoms with Crippen LogP contribution in [0, 0.1) is 24.1 Å². The maximum Gasteiger partial charge on any atom is 0.140 e. The number of nitriles is 1. The number of pyridine rings is 2. The molecule has 0 unspecified atom stereocenters. The minimum absolute atomic E-state index is 0.311. The molecule has 1 atom stereocenters. The van der Waals surface area contributed by atoms with Crippen molar-refractivity contribution < 1.29 is 4.39 Å². The van der Waals surface area contributed by atoms with E-state index in [0.717, 1.165) is 22.5 Å². The van der Waals surface area contributed by atoms with Gasteiger partial charge in [-0.1, -0.05) is 6.07 Å². The Morgan fingerprint density at radius 1 is 1.25 bits per heavy atom. The van der Waals surface area contributed by atoms with Crippen molar-refractivity contribution in [3.8, 4) is 11.8 Å². The van der Waals surface area contributed by atoms with Gasteiger partial charge in [0.1, 0.15) is 17.6 Å². The highest BCUT2D eigenvalue weighted by Crippen LogP contribution is 2.25. The zero-order valence-corrected chi connectivity index (χ0v) is 15.2. The van der Waals surface area contributed by atoms with Gasteiger partial charge in [-0.05, 0) is 48.9 Å². The van der Waals surface area contributed by atoms with Crippen molar-refractivity contribution in [2.75, 3.05) is 0 Å². The Bertz CT molecular complexity index is 1210. The van der Waals surface area contributed by atoms with Gasteiger partial charge in [-0.15, -0.1) is 0 Å². The minimum Gasteiger partial charge on any atom is -0.322 e. The van der Waals surface area contributed by atoms with Gasteiger partial charge in [0.25, 0.3) is 0 Å². The number of hydrogen-bond acceptors (Lipinski definition) is 5. The van der Waals surface area contributed by atoms with E-state index in [2.05, 4.69) is 21.1 Å². The molecule has 7 heteroatoms. The molecule has 3 aromatic heterocycles. The van der Waals surface area contributed by atoms with Crippen LogP contribution in [0.4, 0.5) is 4.39 Å². The predicted molar refractivity (Wildman–Crippen MR) is 103 cm³/mol. The fraction of sp³-hybridized carbons (Fsp3) is 0.143. The van der Waals surface area contributed by atoms with Crippen LogP contribution >= 0.6 is 0 Å². The first-order valence-electron chi connectivity index (χ1n) is 8.77. The van der Waals surface area contributed by atoms with E-state index in [1.54, 1.807) is 29.2 Å². The molecule has 4 rings (SSSR count). The number of nitrogens with zero attached hydrogens (tertiary/aromatic N) is 5. The lowest BCUT2D eigenvalue weighted by atomic mass is 10.0. The first-order valence-corrected chi connectivity index (χ1v) is 8.77. The summed E-state index contributed by atoms with van der Waals surface area (Å²) in [6.45, 7) is 1.94. The molecule has 1 aromatic carbocycles. The van der Waals surface area contributed by atoms with E-state index in [1.165, 1.54) is 12.1 Å². The van der Waals surface area contributed by atoms with E-state index < -0.39 is 6.04 Å². The number of fused-ring (bicyclic) bond motifs is 1. The summed E-state index contributed by atoms with van der Waals surface area (Å²) in [5.74, 6) is -0.311. The van der Waals surface area contributed by atoms with Crippen molar-refractivity contribution >= 4 is 10.9 Å². The molecule has 4 aromatic rings. The monoisotopic (exact) mass is 372 g/mol. The van der Waals surface area contributed by atoms with Crippen LogP contribution in [0.2, 0.25) is 0 Å². The molecule has 0 saturated heterocycles. The van der Waals surface area contributed by atoms with E-state index >= 15 is 0 Å². The van der Waals surface area contributed by atoms with Gasteiger partial charge in [-0.25, -0.2) is 14.1 Å². The van der Waals surface area contributed by atoms with Crippen molar-refractivity contribution in [2.45, 2.75) is 19.4 Å². The van der Waals surface area contributed by atoms with Crippen LogP contribution in [0.15, 0.2) is 54.9 Å². The highest BCUT2D eigenvalue weighted by Gasteiger charge is 2.18. The van der Waals surface area contributed by atoms with Crippen molar-refractivity contribution in [1.29, 1.82) is 5.26 Å². The molecule has 3 heterocycles. The minimum atomic E-state index is -0.448. The fourth-order valence-electron chi connectivity index (χ4n) is 3.21. The molecule has 0 bridgehead atoms. The number of nitrogens with two attached hydrogens (primary N) is 1. The number of halogens is 1. The van der Waals surface area contributed by atoms with Gasteiger partial charge in [-0.3, -0.25) is 4.98 Å². The maximum atomic E-state index is 13.5. The Hall–Kier alpha value is -3.63. The Kier molecular flexibility index (Phi) is 4.55. The number of hydrogen-bond donors (Lipinski definition) is 1. The topological polar surface area (TPSA) is 93.4 Å². The van der Waals surface area contributed by atoms with Gasteiger partial charge in [0.2, 0.25) is 0 Å². The van der Waals surface area contributed by atoms with Crippen molar-refractivity contribution in [2.24, 2.45) is 5.73 Å². The largest absolute Gasteiger partial charge is 0.322 e. The van der Waals surface area contributed by atoms with Crippen LogP contribution in [-0.4, -0.2) is 19.7 Å². The lowest BCUT2D eigenvalue weighted by Gasteiger charge is -2.16. The molecule has 6 nitrogen and oxygen atoms in total. The van der Waals surface area contributed by atoms with E-state index in [0.29, 0.717) is 23.2 Å². The van der Waals surface area contributed by atoms with Crippen LogP contribution in [0.5, 0.6) is 0 Å². The lowest BCUT2D eigenvalue weighted by Crippen LogP contribution is -2.19. The number of benzene rings is 1. The second-order valence-corrected chi connectivity index (χ2v) is 6.55. The predicted octanol–water partition coefficient (Wildman–Crippen LogP) is 3.38. The van der Waals surface area contributed by atoms with Gasteiger partial charge < -0.3 is 5.73 Å². The Labute approximate surface area is 161 Å². The quantitative estimate of drug-likeness (QED) is 0.593. The number of aromatic nitrogens is 4. The molecule has 0 radical (unpaired) electrons. The summed E-state index contributed by atoms with van der Waals surface area (Å²) in [6.07, 6.45) is 3.72. The van der Waals surface area contributed by atoms with E-state index in [4.69, 9.17) is 11.0 Å². The lowest BCUT2D eigenvalue weighted by molar-refractivity contribution is 0.629. The molecule has 0 aliphatic carbocycles. The van der Waals surface area contributed by atoms with E-state index in [9.17, 15) is 4.39 Å². The van der Waals surface area contributed by atoms with Crippen LogP contribution in [0.1, 0.15) is 28.7 Å². The first kappa shape index (κ1) is 17.8. The molecule has 0 amide bonds. The number of rotatable bonds is 4.